The van der Waals surface area contributed by atoms with Gasteiger partial charge in [0.25, 0.3) is 0 Å². The molecule has 1 heterocycles. The quantitative estimate of drug-likeness (QED) is 0.869. The smallest absolute Gasteiger partial charge is 0.355 e. The van der Waals surface area contributed by atoms with Gasteiger partial charge in [-0.2, -0.15) is 0 Å². The Morgan fingerprint density at radius 3 is 2.68 bits per heavy atom. The van der Waals surface area contributed by atoms with Crippen molar-refractivity contribution in [1.29, 1.82) is 0 Å². The van der Waals surface area contributed by atoms with Crippen LogP contribution in [0.3, 0.4) is 0 Å². The van der Waals surface area contributed by atoms with E-state index >= 15 is 0 Å². The number of hydrogen-bond donors (Lipinski definition) is 2. The van der Waals surface area contributed by atoms with Crippen LogP contribution in [0.5, 0.6) is 0 Å². The molecular formula is C13H18N2O3S. The Kier molecular flexibility index (Phi) is 4.19. The summed E-state index contributed by atoms with van der Waals surface area (Å²) in [4.78, 5) is 26.9. The summed E-state index contributed by atoms with van der Waals surface area (Å²) in [5, 5.41) is 13.8. The van der Waals surface area contributed by atoms with Crippen molar-refractivity contribution in [2.75, 3.05) is 0 Å². The molecule has 0 spiro atoms. The molecule has 5 nitrogen and oxygen atoms in total. The average Bonchev–Trinajstić information content (AvgIpc) is 3.05. The van der Waals surface area contributed by atoms with Gasteiger partial charge >= 0.3 is 5.97 Å². The topological polar surface area (TPSA) is 79.3 Å². The fourth-order valence-corrected chi connectivity index (χ4v) is 3.33. The van der Waals surface area contributed by atoms with E-state index in [2.05, 4.69) is 17.2 Å². The number of nitrogens with one attached hydrogen (secondary N) is 1. The summed E-state index contributed by atoms with van der Waals surface area (Å²) in [6.07, 6.45) is 4.99. The van der Waals surface area contributed by atoms with E-state index in [1.165, 1.54) is 16.7 Å². The molecular weight excluding hydrogens is 264 g/mol. The number of aromatic carboxylic acids is 1. The highest BCUT2D eigenvalue weighted by Crippen LogP contribution is 2.41. The summed E-state index contributed by atoms with van der Waals surface area (Å²) in [7, 11) is 0. The molecule has 1 fully saturated rings. The second kappa shape index (κ2) is 5.69. The molecule has 1 amide bonds. The van der Waals surface area contributed by atoms with Gasteiger partial charge in [-0.3, -0.25) is 4.79 Å². The lowest BCUT2D eigenvalue weighted by molar-refractivity contribution is -0.131. The van der Waals surface area contributed by atoms with Crippen molar-refractivity contribution in [3.8, 4) is 0 Å². The number of carbonyl (C=O) groups is 2. The van der Waals surface area contributed by atoms with Crippen molar-refractivity contribution >= 4 is 23.2 Å². The van der Waals surface area contributed by atoms with Crippen LogP contribution in [0.15, 0.2) is 5.38 Å². The normalized spacial score (nSPS) is 17.3. The zero-order valence-corrected chi connectivity index (χ0v) is 11.8. The molecule has 1 aromatic rings. The van der Waals surface area contributed by atoms with Gasteiger partial charge in [-0.15, -0.1) is 11.3 Å². The van der Waals surface area contributed by atoms with Gasteiger partial charge in [0.05, 0.1) is 6.54 Å². The van der Waals surface area contributed by atoms with Crippen molar-refractivity contribution in [2.45, 2.75) is 45.6 Å². The average molecular weight is 282 g/mol. The second-order valence-electron chi connectivity index (χ2n) is 4.96. The molecule has 1 saturated carbocycles. The van der Waals surface area contributed by atoms with E-state index in [9.17, 15) is 9.59 Å². The third kappa shape index (κ3) is 2.94. The van der Waals surface area contributed by atoms with Crippen LogP contribution < -0.4 is 5.32 Å². The monoisotopic (exact) mass is 282 g/mol. The van der Waals surface area contributed by atoms with Gasteiger partial charge in [-0.25, -0.2) is 9.78 Å². The molecule has 1 aliphatic carbocycles. The lowest BCUT2D eigenvalue weighted by Crippen LogP contribution is -2.38. The largest absolute Gasteiger partial charge is 0.476 e. The number of hydrogen-bond acceptors (Lipinski definition) is 4. The first kappa shape index (κ1) is 14.0. The van der Waals surface area contributed by atoms with Crippen LogP contribution in [0.25, 0.3) is 0 Å². The van der Waals surface area contributed by atoms with Gasteiger partial charge in [0, 0.05) is 10.8 Å². The SMILES string of the molecule is CCC1(C(=O)NCc2nc(C(=O)O)cs2)CCCC1. The fraction of sp³-hybridized carbons (Fsp3) is 0.615. The molecule has 1 aromatic heterocycles. The predicted molar refractivity (Wildman–Crippen MR) is 72.1 cm³/mol. The summed E-state index contributed by atoms with van der Waals surface area (Å²) in [6.45, 7) is 2.37. The van der Waals surface area contributed by atoms with Gasteiger partial charge in [-0.05, 0) is 19.3 Å². The van der Waals surface area contributed by atoms with Crippen LogP contribution in [0.4, 0.5) is 0 Å². The van der Waals surface area contributed by atoms with E-state index in [1.54, 1.807) is 0 Å². The minimum Gasteiger partial charge on any atom is -0.476 e. The minimum atomic E-state index is -1.03. The summed E-state index contributed by atoms with van der Waals surface area (Å²) in [5.41, 5.74) is -0.173. The van der Waals surface area contributed by atoms with Crippen molar-refractivity contribution in [2.24, 2.45) is 5.41 Å². The van der Waals surface area contributed by atoms with E-state index in [1.807, 2.05) is 0 Å². The zero-order valence-electron chi connectivity index (χ0n) is 10.9. The highest BCUT2D eigenvalue weighted by atomic mass is 32.1. The Balaban J connectivity index is 1.94. The third-order valence-corrected chi connectivity index (χ3v) is 4.74. The van der Waals surface area contributed by atoms with Crippen LogP contribution >= 0.6 is 11.3 Å². The van der Waals surface area contributed by atoms with Gasteiger partial charge in [-0.1, -0.05) is 19.8 Å². The number of aromatic nitrogens is 1. The van der Waals surface area contributed by atoms with Crippen LogP contribution in [-0.2, 0) is 11.3 Å². The standard InChI is InChI=1S/C13H18N2O3S/c1-2-13(5-3-4-6-13)12(18)14-7-10-15-9(8-19-10)11(16)17/h8H,2-7H2,1H3,(H,14,18)(H,16,17). The predicted octanol–water partition coefficient (Wildman–Crippen LogP) is 2.43. The van der Waals surface area contributed by atoms with E-state index in [0.717, 1.165) is 32.1 Å². The Labute approximate surface area is 116 Å². The molecule has 19 heavy (non-hydrogen) atoms. The van der Waals surface area contributed by atoms with E-state index in [4.69, 9.17) is 5.11 Å². The molecule has 0 bridgehead atoms. The number of amides is 1. The minimum absolute atomic E-state index is 0.0420. The van der Waals surface area contributed by atoms with Crippen molar-refractivity contribution < 1.29 is 14.7 Å². The number of carboxylic acid groups (broad SMARTS) is 1. The maximum atomic E-state index is 12.3. The Hall–Kier alpha value is -1.43. The summed E-state index contributed by atoms with van der Waals surface area (Å²) >= 11 is 1.26. The maximum Gasteiger partial charge on any atom is 0.355 e. The third-order valence-electron chi connectivity index (χ3n) is 3.89. The van der Waals surface area contributed by atoms with Crippen molar-refractivity contribution in [3.05, 3.63) is 16.1 Å². The molecule has 1 aliphatic rings. The molecule has 2 N–H and O–H groups in total. The number of thiazole rings is 1. The fourth-order valence-electron chi connectivity index (χ4n) is 2.63. The summed E-state index contributed by atoms with van der Waals surface area (Å²) in [5.74, 6) is -0.950. The Bertz CT molecular complexity index is 478. The molecule has 0 unspecified atom stereocenters. The molecule has 0 atom stereocenters. The second-order valence-corrected chi connectivity index (χ2v) is 5.90. The molecule has 6 heteroatoms. The first-order valence-electron chi connectivity index (χ1n) is 6.53. The zero-order chi connectivity index (χ0) is 13.9. The van der Waals surface area contributed by atoms with Gasteiger partial charge in [0.1, 0.15) is 5.01 Å². The first-order chi connectivity index (χ1) is 9.07. The van der Waals surface area contributed by atoms with E-state index in [0.29, 0.717) is 11.6 Å². The van der Waals surface area contributed by atoms with Gasteiger partial charge in [0.15, 0.2) is 5.69 Å². The highest BCUT2D eigenvalue weighted by molar-refractivity contribution is 7.09. The highest BCUT2D eigenvalue weighted by Gasteiger charge is 2.39. The Morgan fingerprint density at radius 1 is 1.47 bits per heavy atom. The van der Waals surface area contributed by atoms with Crippen LogP contribution in [0.2, 0.25) is 0 Å². The lowest BCUT2D eigenvalue weighted by atomic mass is 9.82. The van der Waals surface area contributed by atoms with Crippen LogP contribution in [0, 0.1) is 5.41 Å². The maximum absolute atomic E-state index is 12.3. The number of carbonyl (C=O) groups excluding carboxylic acids is 1. The van der Waals surface area contributed by atoms with Crippen molar-refractivity contribution in [3.63, 3.8) is 0 Å². The molecule has 0 aromatic carbocycles. The first-order valence-corrected chi connectivity index (χ1v) is 7.41. The van der Waals surface area contributed by atoms with Gasteiger partial charge in [0.2, 0.25) is 5.91 Å². The molecule has 0 aliphatic heterocycles. The van der Waals surface area contributed by atoms with Crippen LogP contribution in [-0.4, -0.2) is 22.0 Å². The van der Waals surface area contributed by atoms with E-state index < -0.39 is 5.97 Å². The number of carboxylic acids is 1. The van der Waals surface area contributed by atoms with Gasteiger partial charge < -0.3 is 10.4 Å². The number of rotatable bonds is 5. The number of nitrogens with zero attached hydrogens (tertiary/aromatic N) is 1. The summed E-state index contributed by atoms with van der Waals surface area (Å²) < 4.78 is 0. The molecule has 2 rings (SSSR count). The summed E-state index contributed by atoms with van der Waals surface area (Å²) in [6, 6.07) is 0. The van der Waals surface area contributed by atoms with E-state index in [-0.39, 0.29) is 17.0 Å². The lowest BCUT2D eigenvalue weighted by Gasteiger charge is -2.25. The van der Waals surface area contributed by atoms with Crippen LogP contribution in [0.1, 0.15) is 54.5 Å². The molecule has 104 valence electrons. The van der Waals surface area contributed by atoms with Crippen molar-refractivity contribution in [1.82, 2.24) is 10.3 Å². The molecule has 0 radical (unpaired) electrons. The Morgan fingerprint density at radius 2 is 2.16 bits per heavy atom. The molecule has 0 saturated heterocycles.